The number of aromatic nitrogens is 1. The first-order valence-corrected chi connectivity index (χ1v) is 9.05. The number of amides is 1. The molecule has 1 aromatic carbocycles. The Kier molecular flexibility index (Phi) is 4.88. The maximum Gasteiger partial charge on any atom is 0.413 e. The second-order valence-corrected chi connectivity index (χ2v) is 7.39. The average molecular weight is 478 g/mol. The summed E-state index contributed by atoms with van der Waals surface area (Å²) >= 11 is 9.52. The molecule has 1 aromatic heterocycles. The Bertz CT molecular complexity index is 870. The van der Waals surface area contributed by atoms with E-state index in [-0.39, 0.29) is 10.9 Å². The number of hydrogen-bond donors (Lipinski definition) is 1. The van der Waals surface area contributed by atoms with Crippen LogP contribution < -0.4 is 0 Å². The molecule has 1 aliphatic heterocycles. The lowest BCUT2D eigenvalue weighted by atomic mass is 10.0. The van der Waals surface area contributed by atoms with Gasteiger partial charge in [0, 0.05) is 20.2 Å². The molecule has 124 valence electrons. The minimum atomic E-state index is -1.18. The third kappa shape index (κ3) is 3.05. The average Bonchev–Trinajstić information content (AvgIpc) is 3.04. The van der Waals surface area contributed by atoms with E-state index in [4.69, 9.17) is 11.6 Å². The third-order valence-electron chi connectivity index (χ3n) is 3.43. The van der Waals surface area contributed by atoms with Gasteiger partial charge >= 0.3 is 6.09 Å². The first-order chi connectivity index (χ1) is 11.4. The topological polar surface area (TPSA) is 65.8 Å². The van der Waals surface area contributed by atoms with Crippen LogP contribution in [0.3, 0.4) is 0 Å². The fourth-order valence-electron chi connectivity index (χ4n) is 2.38. The van der Waals surface area contributed by atoms with Gasteiger partial charge in [-0.05, 0) is 47.2 Å². The predicted octanol–water partition coefficient (Wildman–Crippen LogP) is 5.08. The molecule has 9 heteroatoms. The summed E-state index contributed by atoms with van der Waals surface area (Å²) in [6.45, 7) is 1.79. The molecule has 0 radical (unpaired) electrons. The number of nitrogens with zero attached hydrogens (tertiary/aromatic N) is 3. The third-order valence-corrected chi connectivity index (χ3v) is 5.90. The molecule has 0 spiro atoms. The van der Waals surface area contributed by atoms with Crippen LogP contribution in [0.4, 0.5) is 9.18 Å². The summed E-state index contributed by atoms with van der Waals surface area (Å²) in [6, 6.07) is 3.22. The number of allylic oxidation sites excluding steroid dienone is 1. The Morgan fingerprint density at radius 3 is 2.83 bits per heavy atom. The molecule has 0 aliphatic carbocycles. The van der Waals surface area contributed by atoms with Gasteiger partial charge in [0.2, 0.25) is 0 Å². The smallest absolute Gasteiger partial charge is 0.413 e. The molecule has 2 heterocycles. The summed E-state index contributed by atoms with van der Waals surface area (Å²) in [6.07, 6.45) is 0.400. The van der Waals surface area contributed by atoms with E-state index in [1.54, 1.807) is 18.5 Å². The van der Waals surface area contributed by atoms with E-state index in [1.165, 1.54) is 29.5 Å². The van der Waals surface area contributed by atoms with E-state index < -0.39 is 18.0 Å². The molecule has 1 atom stereocenters. The normalized spacial score (nSPS) is 17.9. The molecule has 1 N–H and O–H groups in total. The molecule has 5 nitrogen and oxygen atoms in total. The molecule has 0 bridgehead atoms. The molecule has 0 fully saturated rings. The quantitative estimate of drug-likeness (QED) is 0.613. The largest absolute Gasteiger partial charge is 0.465 e. The van der Waals surface area contributed by atoms with Crippen LogP contribution in [-0.2, 0) is 0 Å². The minimum absolute atomic E-state index is 0.161. The molecule has 0 saturated carbocycles. The van der Waals surface area contributed by atoms with Gasteiger partial charge in [0.1, 0.15) is 11.9 Å². The number of carbonyl (C=O) groups is 1. The summed E-state index contributed by atoms with van der Waals surface area (Å²) in [5.74, 6) is -0.244. The van der Waals surface area contributed by atoms with Crippen LogP contribution in [-0.4, -0.2) is 26.9 Å². The van der Waals surface area contributed by atoms with Crippen molar-refractivity contribution in [2.75, 3.05) is 0 Å². The van der Waals surface area contributed by atoms with E-state index in [0.29, 0.717) is 19.8 Å². The lowest BCUT2D eigenvalue weighted by molar-refractivity contribution is 0.161. The Labute approximate surface area is 159 Å². The number of carboxylic acid groups (broad SMARTS) is 1. The van der Waals surface area contributed by atoms with Crippen molar-refractivity contribution in [3.8, 4) is 0 Å². The Morgan fingerprint density at radius 2 is 2.25 bits per heavy atom. The second kappa shape index (κ2) is 6.77. The minimum Gasteiger partial charge on any atom is -0.465 e. The number of aliphatic imine (C=N–C) groups is 1. The van der Waals surface area contributed by atoms with Crippen LogP contribution in [0.25, 0.3) is 0 Å². The number of amidine groups is 1. The van der Waals surface area contributed by atoms with Crippen molar-refractivity contribution in [2.45, 2.75) is 13.0 Å². The number of halogens is 3. The number of thiazole rings is 1. The monoisotopic (exact) mass is 477 g/mol. The highest BCUT2D eigenvalue weighted by Gasteiger charge is 2.38. The van der Waals surface area contributed by atoms with Gasteiger partial charge in [-0.15, -0.1) is 11.3 Å². The Balaban J connectivity index is 2.20. The standard InChI is InChI=1S/C15H10ClFIN3O2S/c1-7-11(18)12(9-3-2-8(17)6-10(9)16)21(15(22)23)13(20-7)14-19-4-5-24-14/h2-6,12H,1H3,(H,22,23)/t12-/m0/s1. The van der Waals surface area contributed by atoms with Gasteiger partial charge in [0.25, 0.3) is 0 Å². The van der Waals surface area contributed by atoms with Crippen molar-refractivity contribution >= 4 is 57.5 Å². The van der Waals surface area contributed by atoms with Crippen molar-refractivity contribution in [3.63, 3.8) is 0 Å². The summed E-state index contributed by atoms with van der Waals surface area (Å²) in [5.41, 5.74) is 1.16. The lowest BCUT2D eigenvalue weighted by Gasteiger charge is -2.33. The van der Waals surface area contributed by atoms with E-state index in [0.717, 1.165) is 4.90 Å². The van der Waals surface area contributed by atoms with Crippen LogP contribution in [0.15, 0.2) is 44.0 Å². The summed E-state index contributed by atoms with van der Waals surface area (Å²) in [7, 11) is 0. The van der Waals surface area contributed by atoms with Crippen molar-refractivity contribution in [1.82, 2.24) is 9.88 Å². The van der Waals surface area contributed by atoms with Gasteiger partial charge in [-0.2, -0.15) is 0 Å². The highest BCUT2D eigenvalue weighted by Crippen LogP contribution is 2.42. The molecule has 1 amide bonds. The van der Waals surface area contributed by atoms with Crippen molar-refractivity contribution in [1.29, 1.82) is 0 Å². The van der Waals surface area contributed by atoms with Crippen molar-refractivity contribution < 1.29 is 14.3 Å². The number of rotatable bonds is 2. The van der Waals surface area contributed by atoms with E-state index in [2.05, 4.69) is 9.98 Å². The molecular formula is C15H10ClFIN3O2S. The van der Waals surface area contributed by atoms with E-state index in [1.807, 2.05) is 22.6 Å². The van der Waals surface area contributed by atoms with Crippen molar-refractivity contribution in [2.24, 2.45) is 4.99 Å². The zero-order valence-electron chi connectivity index (χ0n) is 12.2. The molecule has 24 heavy (non-hydrogen) atoms. The summed E-state index contributed by atoms with van der Waals surface area (Å²) < 4.78 is 14.1. The SMILES string of the molecule is CC1=C(I)[C@H](c2ccc(F)cc2Cl)N(C(=O)O)C(c2nccs2)=N1. The number of hydrogen-bond acceptors (Lipinski definition) is 4. The van der Waals surface area contributed by atoms with Crippen LogP contribution in [0.5, 0.6) is 0 Å². The number of benzene rings is 1. The summed E-state index contributed by atoms with van der Waals surface area (Å²) in [5, 5.41) is 12.2. The van der Waals surface area contributed by atoms with Crippen LogP contribution in [0.2, 0.25) is 5.02 Å². The van der Waals surface area contributed by atoms with Crippen molar-refractivity contribution in [3.05, 3.63) is 60.5 Å². The Morgan fingerprint density at radius 1 is 1.50 bits per heavy atom. The van der Waals surface area contributed by atoms with Gasteiger partial charge in [-0.3, -0.25) is 0 Å². The lowest BCUT2D eigenvalue weighted by Crippen LogP contribution is -2.42. The Hall–Kier alpha value is -1.52. The van der Waals surface area contributed by atoms with Crippen LogP contribution in [0.1, 0.15) is 23.5 Å². The van der Waals surface area contributed by atoms with E-state index >= 15 is 0 Å². The predicted molar refractivity (Wildman–Crippen MR) is 99.4 cm³/mol. The zero-order chi connectivity index (χ0) is 17.4. The highest BCUT2D eigenvalue weighted by molar-refractivity contribution is 14.1. The molecular weight excluding hydrogens is 468 g/mol. The molecule has 2 aromatic rings. The molecule has 0 unspecified atom stereocenters. The van der Waals surface area contributed by atoms with Gasteiger partial charge in [-0.1, -0.05) is 17.7 Å². The van der Waals surface area contributed by atoms with Gasteiger partial charge in [0.15, 0.2) is 10.8 Å². The van der Waals surface area contributed by atoms with Gasteiger partial charge in [0.05, 0.1) is 5.70 Å². The molecule has 1 aliphatic rings. The summed E-state index contributed by atoms with van der Waals surface area (Å²) in [4.78, 5) is 21.6. The first-order valence-electron chi connectivity index (χ1n) is 6.72. The molecule has 3 rings (SSSR count). The zero-order valence-corrected chi connectivity index (χ0v) is 15.9. The fourth-order valence-corrected chi connectivity index (χ4v) is 4.01. The fraction of sp³-hybridized carbons (Fsp3) is 0.133. The van der Waals surface area contributed by atoms with Crippen LogP contribution >= 0.6 is 45.5 Å². The first kappa shape index (κ1) is 17.3. The molecule has 0 saturated heterocycles. The van der Waals surface area contributed by atoms with E-state index in [9.17, 15) is 14.3 Å². The van der Waals surface area contributed by atoms with Crippen LogP contribution in [0, 0.1) is 5.82 Å². The van der Waals surface area contributed by atoms with Gasteiger partial charge < -0.3 is 5.11 Å². The van der Waals surface area contributed by atoms with Gasteiger partial charge in [-0.25, -0.2) is 24.1 Å². The second-order valence-electron chi connectivity index (χ2n) is 4.93. The maximum atomic E-state index is 13.4. The maximum absolute atomic E-state index is 13.4. The highest BCUT2D eigenvalue weighted by atomic mass is 127.